The molecule has 1 aromatic carbocycles. The van der Waals surface area contributed by atoms with Crippen LogP contribution in [0.15, 0.2) is 52.6 Å². The van der Waals surface area contributed by atoms with Gasteiger partial charge in [0.25, 0.3) is 0 Å². The zero-order valence-electron chi connectivity index (χ0n) is 14.3. The normalized spacial score (nSPS) is 17.1. The predicted octanol–water partition coefficient (Wildman–Crippen LogP) is 3.18. The van der Waals surface area contributed by atoms with Gasteiger partial charge in [0.1, 0.15) is 11.6 Å². The minimum absolute atomic E-state index is 0.0253. The fourth-order valence-electron chi connectivity index (χ4n) is 3.45. The van der Waals surface area contributed by atoms with E-state index in [-0.39, 0.29) is 12.7 Å². The molecule has 0 saturated heterocycles. The first-order chi connectivity index (χ1) is 13.7. The number of nitrogens with zero attached hydrogens (tertiary/aromatic N) is 3. The molecule has 0 saturated carbocycles. The lowest BCUT2D eigenvalue weighted by Crippen LogP contribution is -2.21. The molecule has 5 rings (SSSR count). The van der Waals surface area contributed by atoms with Crippen molar-refractivity contribution in [2.45, 2.75) is 5.92 Å². The smallest absolute Gasteiger partial charge is 0.244 e. The SMILES string of the molecule is N#CC1=C(N)Oc2n[nH]c(-c3ccncc3)c2C1c1cc2c(cc1Br)OCO2. The Hall–Kier alpha value is -3.51. The summed E-state index contributed by atoms with van der Waals surface area (Å²) >= 11 is 3.59. The van der Waals surface area contributed by atoms with E-state index in [1.165, 1.54) is 0 Å². The van der Waals surface area contributed by atoms with Gasteiger partial charge in [-0.1, -0.05) is 15.9 Å². The number of benzene rings is 1. The number of H-pyrrole nitrogens is 1. The van der Waals surface area contributed by atoms with Crippen molar-refractivity contribution in [3.05, 3.63) is 63.7 Å². The molecule has 2 aromatic heterocycles. The van der Waals surface area contributed by atoms with E-state index in [1.807, 2.05) is 24.3 Å². The molecule has 1 atom stereocenters. The van der Waals surface area contributed by atoms with Gasteiger partial charge in [-0.3, -0.25) is 10.1 Å². The molecule has 0 aliphatic carbocycles. The summed E-state index contributed by atoms with van der Waals surface area (Å²) in [4.78, 5) is 4.06. The van der Waals surface area contributed by atoms with Gasteiger partial charge in [0.15, 0.2) is 11.5 Å². The number of halogens is 1. The minimum atomic E-state index is -0.500. The number of nitrogens with one attached hydrogen (secondary N) is 1. The lowest BCUT2D eigenvalue weighted by atomic mass is 9.83. The van der Waals surface area contributed by atoms with Crippen LogP contribution in [0.1, 0.15) is 17.0 Å². The topological polar surface area (TPSA) is 119 Å². The molecule has 0 fully saturated rings. The second-order valence-electron chi connectivity index (χ2n) is 6.21. The van der Waals surface area contributed by atoms with Crippen LogP contribution in [0.25, 0.3) is 11.3 Å². The Morgan fingerprint density at radius 1 is 1.21 bits per heavy atom. The number of aromatic amines is 1. The molecule has 28 heavy (non-hydrogen) atoms. The van der Waals surface area contributed by atoms with E-state index in [9.17, 15) is 5.26 Å². The maximum atomic E-state index is 9.82. The summed E-state index contributed by atoms with van der Waals surface area (Å²) in [7, 11) is 0. The number of fused-ring (bicyclic) bond motifs is 2. The number of nitrogens with two attached hydrogens (primary N) is 1. The van der Waals surface area contributed by atoms with Crippen LogP contribution in [-0.2, 0) is 0 Å². The molecule has 9 heteroatoms. The van der Waals surface area contributed by atoms with E-state index in [4.69, 9.17) is 19.9 Å². The summed E-state index contributed by atoms with van der Waals surface area (Å²) in [5, 5.41) is 17.1. The highest BCUT2D eigenvalue weighted by molar-refractivity contribution is 9.10. The van der Waals surface area contributed by atoms with Crippen molar-refractivity contribution in [2.24, 2.45) is 5.73 Å². The number of aromatic nitrogens is 3. The van der Waals surface area contributed by atoms with Crippen molar-refractivity contribution in [1.82, 2.24) is 15.2 Å². The molecule has 0 bridgehead atoms. The van der Waals surface area contributed by atoms with E-state index in [2.05, 4.69) is 37.2 Å². The standard InChI is InChI=1S/C19H12BrN5O3/c20-12-6-14-13(26-8-27-14)5-10(12)15-11(7-21)18(22)28-19-16(15)17(24-25-19)9-1-3-23-4-2-9/h1-6,15H,8,22H2,(H,24,25). The van der Waals surface area contributed by atoms with Crippen LogP contribution in [0.2, 0.25) is 0 Å². The minimum Gasteiger partial charge on any atom is -0.454 e. The van der Waals surface area contributed by atoms with Crippen molar-refractivity contribution in [1.29, 1.82) is 5.26 Å². The fraction of sp³-hybridized carbons (Fsp3) is 0.105. The highest BCUT2D eigenvalue weighted by atomic mass is 79.9. The first-order valence-corrected chi connectivity index (χ1v) is 9.12. The van der Waals surface area contributed by atoms with Gasteiger partial charge in [-0.25, -0.2) is 0 Å². The average molecular weight is 438 g/mol. The summed E-state index contributed by atoms with van der Waals surface area (Å²) in [6.07, 6.45) is 3.38. The van der Waals surface area contributed by atoms with Gasteiger partial charge >= 0.3 is 0 Å². The number of ether oxygens (including phenoxy) is 3. The first kappa shape index (κ1) is 16.6. The van der Waals surface area contributed by atoms with E-state index in [1.54, 1.807) is 12.4 Å². The van der Waals surface area contributed by atoms with Gasteiger partial charge in [0, 0.05) is 22.4 Å². The molecular formula is C19H12BrN5O3. The quantitative estimate of drug-likeness (QED) is 0.631. The highest BCUT2D eigenvalue weighted by Crippen LogP contribution is 2.49. The maximum absolute atomic E-state index is 9.82. The molecule has 8 nitrogen and oxygen atoms in total. The largest absolute Gasteiger partial charge is 0.454 e. The van der Waals surface area contributed by atoms with Crippen molar-refractivity contribution in [2.75, 3.05) is 6.79 Å². The third-order valence-electron chi connectivity index (χ3n) is 4.71. The number of nitriles is 1. The molecule has 0 spiro atoms. The van der Waals surface area contributed by atoms with Crippen LogP contribution in [0.5, 0.6) is 17.4 Å². The molecule has 2 aliphatic rings. The predicted molar refractivity (Wildman–Crippen MR) is 101 cm³/mol. The van der Waals surface area contributed by atoms with Crippen LogP contribution in [0.4, 0.5) is 0 Å². The Morgan fingerprint density at radius 3 is 2.71 bits per heavy atom. The second kappa shape index (κ2) is 6.28. The molecular weight excluding hydrogens is 426 g/mol. The van der Waals surface area contributed by atoms with Crippen LogP contribution < -0.4 is 19.9 Å². The van der Waals surface area contributed by atoms with E-state index in [0.717, 1.165) is 26.9 Å². The third kappa shape index (κ3) is 2.42. The molecule has 2 aliphatic heterocycles. The summed E-state index contributed by atoms with van der Waals surface area (Å²) in [6, 6.07) is 9.57. The fourth-order valence-corrected chi connectivity index (χ4v) is 4.00. The molecule has 3 aromatic rings. The molecule has 138 valence electrons. The summed E-state index contributed by atoms with van der Waals surface area (Å²) in [5.74, 6) is 1.10. The van der Waals surface area contributed by atoms with Gasteiger partial charge in [-0.2, -0.15) is 5.26 Å². The average Bonchev–Trinajstić information content (AvgIpc) is 3.33. The van der Waals surface area contributed by atoms with Crippen LogP contribution in [0.3, 0.4) is 0 Å². The molecule has 1 unspecified atom stereocenters. The van der Waals surface area contributed by atoms with Crippen LogP contribution in [-0.4, -0.2) is 22.0 Å². The molecule has 3 N–H and O–H groups in total. The number of allylic oxidation sites excluding steroid dienone is 1. The van der Waals surface area contributed by atoms with Crippen LogP contribution in [0, 0.1) is 11.3 Å². The van der Waals surface area contributed by atoms with Crippen LogP contribution >= 0.6 is 15.9 Å². The first-order valence-electron chi connectivity index (χ1n) is 8.32. The summed E-state index contributed by atoms with van der Waals surface area (Å²) in [5.41, 5.74) is 9.45. The molecule has 0 amide bonds. The monoisotopic (exact) mass is 437 g/mol. The third-order valence-corrected chi connectivity index (χ3v) is 5.40. The lowest BCUT2D eigenvalue weighted by molar-refractivity contribution is 0.174. The van der Waals surface area contributed by atoms with Crippen molar-refractivity contribution < 1.29 is 14.2 Å². The van der Waals surface area contributed by atoms with Gasteiger partial charge in [0.05, 0.1) is 17.2 Å². The summed E-state index contributed by atoms with van der Waals surface area (Å²) in [6.45, 7) is 0.154. The maximum Gasteiger partial charge on any atom is 0.244 e. The zero-order valence-corrected chi connectivity index (χ0v) is 15.9. The van der Waals surface area contributed by atoms with Gasteiger partial charge in [-0.05, 0) is 29.8 Å². The Kier molecular flexibility index (Phi) is 3.74. The lowest BCUT2D eigenvalue weighted by Gasteiger charge is -2.25. The zero-order chi connectivity index (χ0) is 19.3. The number of hydrogen-bond donors (Lipinski definition) is 2. The van der Waals surface area contributed by atoms with Gasteiger partial charge in [-0.15, -0.1) is 5.10 Å². The second-order valence-corrected chi connectivity index (χ2v) is 7.06. The van der Waals surface area contributed by atoms with Crippen molar-refractivity contribution in [3.63, 3.8) is 0 Å². The Labute approximate surface area is 167 Å². The Bertz CT molecular complexity index is 1170. The van der Waals surface area contributed by atoms with E-state index < -0.39 is 5.92 Å². The van der Waals surface area contributed by atoms with Crippen molar-refractivity contribution >= 4 is 15.9 Å². The number of rotatable bonds is 2. The van der Waals surface area contributed by atoms with E-state index >= 15 is 0 Å². The Morgan fingerprint density at radius 2 is 1.96 bits per heavy atom. The van der Waals surface area contributed by atoms with Gasteiger partial charge < -0.3 is 19.9 Å². The molecule has 4 heterocycles. The van der Waals surface area contributed by atoms with Gasteiger partial charge in [0.2, 0.25) is 18.6 Å². The highest BCUT2D eigenvalue weighted by Gasteiger charge is 2.37. The van der Waals surface area contributed by atoms with E-state index in [0.29, 0.717) is 23.0 Å². The number of hydrogen-bond acceptors (Lipinski definition) is 7. The summed E-state index contributed by atoms with van der Waals surface area (Å²) < 4.78 is 17.4. The number of pyridine rings is 1. The van der Waals surface area contributed by atoms with Crippen molar-refractivity contribution in [3.8, 4) is 34.7 Å². The molecule has 0 radical (unpaired) electrons. The Balaban J connectivity index is 1.76.